The molecule has 0 aromatic heterocycles. The Balaban J connectivity index is 2.09. The van der Waals surface area contributed by atoms with Crippen molar-refractivity contribution in [3.8, 4) is 12.0 Å². The number of ether oxygens (including phenoxy) is 1. The molecule has 0 saturated carbocycles. The van der Waals surface area contributed by atoms with Crippen LogP contribution in [0.1, 0.15) is 11.1 Å². The van der Waals surface area contributed by atoms with Gasteiger partial charge in [-0.25, -0.2) is 0 Å². The lowest BCUT2D eigenvalue weighted by atomic mass is 10.0. The Bertz CT molecular complexity index is 524. The summed E-state index contributed by atoms with van der Waals surface area (Å²) < 4.78 is 4.72. The van der Waals surface area contributed by atoms with Crippen LogP contribution in [0.25, 0.3) is 0 Å². The minimum atomic E-state index is 0.563. The van der Waals surface area contributed by atoms with Crippen LogP contribution in [-0.4, -0.2) is 0 Å². The van der Waals surface area contributed by atoms with E-state index in [4.69, 9.17) is 15.7 Å². The largest absolute Gasteiger partial charge is 0.399 e. The molecule has 84 valence electrons. The van der Waals surface area contributed by atoms with E-state index >= 15 is 0 Å². The normalized spacial score (nSPS) is 9.59. The van der Waals surface area contributed by atoms with Gasteiger partial charge in [-0.05, 0) is 41.8 Å². The van der Waals surface area contributed by atoms with Crippen molar-refractivity contribution in [3.05, 3.63) is 59.7 Å². The Hall–Kier alpha value is -2.47. The molecule has 0 atom stereocenters. The van der Waals surface area contributed by atoms with E-state index in [0.29, 0.717) is 5.75 Å². The lowest BCUT2D eigenvalue weighted by Gasteiger charge is -2.03. The molecule has 0 bridgehead atoms. The van der Waals surface area contributed by atoms with Crippen LogP contribution < -0.4 is 10.5 Å². The molecule has 0 fully saturated rings. The summed E-state index contributed by atoms with van der Waals surface area (Å²) in [6, 6.07) is 15.3. The molecular weight excluding hydrogens is 212 g/mol. The van der Waals surface area contributed by atoms with Crippen LogP contribution in [0.4, 0.5) is 5.69 Å². The second-order valence-corrected chi connectivity index (χ2v) is 3.76. The first-order chi connectivity index (χ1) is 8.28. The van der Waals surface area contributed by atoms with Crippen LogP contribution in [0.3, 0.4) is 0 Å². The fourth-order valence-electron chi connectivity index (χ4n) is 1.60. The highest BCUT2D eigenvalue weighted by Gasteiger charge is 1.98. The van der Waals surface area contributed by atoms with Crippen LogP contribution in [0, 0.1) is 11.5 Å². The van der Waals surface area contributed by atoms with E-state index in [0.717, 1.165) is 12.1 Å². The highest BCUT2D eigenvalue weighted by Crippen LogP contribution is 2.15. The zero-order chi connectivity index (χ0) is 12.1. The molecule has 2 N–H and O–H groups in total. The summed E-state index contributed by atoms with van der Waals surface area (Å²) in [6.45, 7) is 0. The minimum Gasteiger partial charge on any atom is -0.399 e. The Morgan fingerprint density at radius 1 is 0.941 bits per heavy atom. The number of benzene rings is 2. The van der Waals surface area contributed by atoms with Crippen molar-refractivity contribution in [2.75, 3.05) is 5.73 Å². The summed E-state index contributed by atoms with van der Waals surface area (Å²) in [5.74, 6) is 0.563. The fraction of sp³-hybridized carbons (Fsp3) is 0.0714. The molecule has 0 aliphatic heterocycles. The predicted octanol–water partition coefficient (Wildman–Crippen LogP) is 2.72. The summed E-state index contributed by atoms with van der Waals surface area (Å²) in [6.07, 6.45) is 2.49. The number of rotatable bonds is 3. The Kier molecular flexibility index (Phi) is 3.27. The zero-order valence-corrected chi connectivity index (χ0v) is 9.26. The molecule has 3 heteroatoms. The number of nitriles is 1. The molecule has 0 aliphatic carbocycles. The highest BCUT2D eigenvalue weighted by atomic mass is 16.5. The van der Waals surface area contributed by atoms with Gasteiger partial charge in [-0.15, -0.1) is 5.26 Å². The summed E-state index contributed by atoms with van der Waals surface area (Å²) >= 11 is 0. The SMILES string of the molecule is N#COc1ccc(Cc2ccc(N)cc2)cc1. The number of nitrogen functional groups attached to an aromatic ring is 1. The van der Waals surface area contributed by atoms with Crippen LogP contribution in [-0.2, 0) is 6.42 Å². The second kappa shape index (κ2) is 5.04. The van der Waals surface area contributed by atoms with Gasteiger partial charge in [0.15, 0.2) is 0 Å². The van der Waals surface area contributed by atoms with Crippen LogP contribution in [0.2, 0.25) is 0 Å². The van der Waals surface area contributed by atoms with E-state index < -0.39 is 0 Å². The Labute approximate surface area is 100 Å². The summed E-state index contributed by atoms with van der Waals surface area (Å²) in [7, 11) is 0. The first kappa shape index (κ1) is 11.0. The minimum absolute atomic E-state index is 0.563. The fourth-order valence-corrected chi connectivity index (χ4v) is 1.60. The van der Waals surface area contributed by atoms with Crippen molar-refractivity contribution in [2.45, 2.75) is 6.42 Å². The van der Waals surface area contributed by atoms with Crippen LogP contribution in [0.5, 0.6) is 5.75 Å². The molecule has 0 amide bonds. The predicted molar refractivity (Wildman–Crippen MR) is 66.3 cm³/mol. The van der Waals surface area contributed by atoms with Gasteiger partial charge >= 0.3 is 0 Å². The number of hydrogen-bond acceptors (Lipinski definition) is 3. The topological polar surface area (TPSA) is 59.0 Å². The smallest absolute Gasteiger partial charge is 0.292 e. The molecule has 2 aromatic rings. The van der Waals surface area contributed by atoms with E-state index in [1.54, 1.807) is 18.4 Å². The van der Waals surface area contributed by atoms with E-state index in [-0.39, 0.29) is 0 Å². The van der Waals surface area contributed by atoms with Crippen molar-refractivity contribution in [1.29, 1.82) is 5.26 Å². The van der Waals surface area contributed by atoms with Gasteiger partial charge in [0.05, 0.1) is 0 Å². The quantitative estimate of drug-likeness (QED) is 0.644. The zero-order valence-electron chi connectivity index (χ0n) is 9.26. The average Bonchev–Trinajstić information content (AvgIpc) is 2.35. The lowest BCUT2D eigenvalue weighted by molar-refractivity contribution is 0.507. The van der Waals surface area contributed by atoms with Gasteiger partial charge in [-0.2, -0.15) is 0 Å². The molecule has 0 unspecified atom stereocenters. The molecular formula is C14H12N2O. The molecule has 3 nitrogen and oxygen atoms in total. The number of anilines is 1. The molecule has 0 aliphatic rings. The van der Waals surface area contributed by atoms with Gasteiger partial charge in [-0.1, -0.05) is 24.3 Å². The monoisotopic (exact) mass is 224 g/mol. The summed E-state index contributed by atoms with van der Waals surface area (Å²) in [5, 5.41) is 8.37. The maximum absolute atomic E-state index is 8.37. The average molecular weight is 224 g/mol. The van der Waals surface area contributed by atoms with Gasteiger partial charge < -0.3 is 10.5 Å². The number of nitrogens with zero attached hydrogens (tertiary/aromatic N) is 1. The van der Waals surface area contributed by atoms with E-state index in [1.807, 2.05) is 36.4 Å². The van der Waals surface area contributed by atoms with Gasteiger partial charge in [0.1, 0.15) is 5.75 Å². The summed E-state index contributed by atoms with van der Waals surface area (Å²) in [5.41, 5.74) is 8.76. The molecule has 2 rings (SSSR count). The van der Waals surface area contributed by atoms with Crippen molar-refractivity contribution >= 4 is 5.69 Å². The van der Waals surface area contributed by atoms with Gasteiger partial charge in [0.2, 0.25) is 0 Å². The van der Waals surface area contributed by atoms with Gasteiger partial charge in [0, 0.05) is 5.69 Å². The Morgan fingerprint density at radius 3 is 2.00 bits per heavy atom. The Morgan fingerprint density at radius 2 is 1.47 bits per heavy atom. The number of nitrogens with two attached hydrogens (primary N) is 1. The third-order valence-electron chi connectivity index (χ3n) is 2.47. The first-order valence-corrected chi connectivity index (χ1v) is 5.27. The van der Waals surface area contributed by atoms with E-state index in [2.05, 4.69) is 0 Å². The van der Waals surface area contributed by atoms with Gasteiger partial charge in [0.25, 0.3) is 6.26 Å². The van der Waals surface area contributed by atoms with Crippen molar-refractivity contribution < 1.29 is 4.74 Å². The van der Waals surface area contributed by atoms with Gasteiger partial charge in [-0.3, -0.25) is 0 Å². The highest BCUT2D eigenvalue weighted by molar-refractivity contribution is 5.41. The standard InChI is InChI=1S/C14H12N2O/c15-10-17-14-7-3-12(4-8-14)9-11-1-5-13(16)6-2-11/h1-8H,9,16H2. The molecule has 0 radical (unpaired) electrons. The van der Waals surface area contributed by atoms with Crippen molar-refractivity contribution in [2.24, 2.45) is 0 Å². The molecule has 17 heavy (non-hydrogen) atoms. The maximum atomic E-state index is 8.37. The van der Waals surface area contributed by atoms with Crippen LogP contribution in [0.15, 0.2) is 48.5 Å². The van der Waals surface area contributed by atoms with Crippen molar-refractivity contribution in [1.82, 2.24) is 0 Å². The third kappa shape index (κ3) is 2.99. The molecule has 0 spiro atoms. The number of hydrogen-bond donors (Lipinski definition) is 1. The maximum Gasteiger partial charge on any atom is 0.292 e. The molecule has 0 saturated heterocycles. The van der Waals surface area contributed by atoms with Crippen molar-refractivity contribution in [3.63, 3.8) is 0 Å². The second-order valence-electron chi connectivity index (χ2n) is 3.76. The van der Waals surface area contributed by atoms with E-state index in [1.165, 1.54) is 11.1 Å². The summed E-state index contributed by atoms with van der Waals surface area (Å²) in [4.78, 5) is 0. The first-order valence-electron chi connectivity index (χ1n) is 5.27. The van der Waals surface area contributed by atoms with Crippen LogP contribution >= 0.6 is 0 Å². The third-order valence-corrected chi connectivity index (χ3v) is 2.47. The lowest BCUT2D eigenvalue weighted by Crippen LogP contribution is -1.90. The molecule has 0 heterocycles. The van der Waals surface area contributed by atoms with E-state index in [9.17, 15) is 0 Å². The molecule has 2 aromatic carbocycles.